The second-order valence-corrected chi connectivity index (χ2v) is 11.2. The van der Waals surface area contributed by atoms with Gasteiger partial charge < -0.3 is 14.8 Å². The number of hydrogen-bond donors (Lipinski definition) is 1. The summed E-state index contributed by atoms with van der Waals surface area (Å²) < 4.78 is 15.2. The van der Waals surface area contributed by atoms with E-state index in [-0.39, 0.29) is 17.7 Å². The van der Waals surface area contributed by atoms with Gasteiger partial charge in [0.05, 0.1) is 17.7 Å². The summed E-state index contributed by atoms with van der Waals surface area (Å²) in [5.74, 6) is 1.36. The van der Waals surface area contributed by atoms with E-state index in [0.29, 0.717) is 12.0 Å². The highest BCUT2D eigenvalue weighted by molar-refractivity contribution is 5.94. The number of hydrogen-bond acceptors (Lipinski definition) is 8. The first-order valence-electron chi connectivity index (χ1n) is 14.7. The van der Waals surface area contributed by atoms with E-state index in [0.717, 1.165) is 86.3 Å². The zero-order valence-electron chi connectivity index (χ0n) is 24.1. The van der Waals surface area contributed by atoms with Crippen molar-refractivity contribution in [2.24, 2.45) is 7.05 Å². The second kappa shape index (κ2) is 12.0. The zero-order valence-corrected chi connectivity index (χ0v) is 24.1. The van der Waals surface area contributed by atoms with Gasteiger partial charge in [-0.3, -0.25) is 14.4 Å². The SMILES string of the molecule is CCNc1cc2c(cn1)c(-c1ccc(CN3CC[C@@H](OC)C3)cc1)nn2C1CCC(Oc2ccc(=O)n(C)n2)CC1. The highest BCUT2D eigenvalue weighted by atomic mass is 16.5. The largest absolute Gasteiger partial charge is 0.473 e. The summed E-state index contributed by atoms with van der Waals surface area (Å²) in [6.45, 7) is 5.88. The molecular weight excluding hydrogens is 518 g/mol. The Labute approximate surface area is 240 Å². The Morgan fingerprint density at radius 3 is 2.51 bits per heavy atom. The molecule has 216 valence electrons. The van der Waals surface area contributed by atoms with Crippen LogP contribution in [0.4, 0.5) is 5.82 Å². The number of aryl methyl sites for hydroxylation is 1. The van der Waals surface area contributed by atoms with Gasteiger partial charge in [-0.25, -0.2) is 9.67 Å². The predicted octanol–water partition coefficient (Wildman–Crippen LogP) is 4.41. The number of likely N-dealkylation sites (tertiary alicyclic amines) is 1. The lowest BCUT2D eigenvalue weighted by Gasteiger charge is -2.29. The van der Waals surface area contributed by atoms with Gasteiger partial charge in [0.15, 0.2) is 0 Å². The fourth-order valence-corrected chi connectivity index (χ4v) is 6.08. The smallest absolute Gasteiger partial charge is 0.266 e. The minimum atomic E-state index is -0.143. The van der Waals surface area contributed by atoms with Crippen molar-refractivity contribution in [2.45, 2.75) is 63.8 Å². The molecule has 0 unspecified atom stereocenters. The maximum absolute atomic E-state index is 11.7. The van der Waals surface area contributed by atoms with E-state index in [9.17, 15) is 4.79 Å². The van der Waals surface area contributed by atoms with Crippen LogP contribution >= 0.6 is 0 Å². The van der Waals surface area contributed by atoms with E-state index in [2.05, 4.69) is 62.2 Å². The van der Waals surface area contributed by atoms with E-state index in [4.69, 9.17) is 14.6 Å². The highest BCUT2D eigenvalue weighted by Crippen LogP contribution is 2.36. The summed E-state index contributed by atoms with van der Waals surface area (Å²) in [5.41, 5.74) is 4.32. The van der Waals surface area contributed by atoms with Crippen LogP contribution in [0.5, 0.6) is 5.88 Å². The maximum atomic E-state index is 11.7. The van der Waals surface area contributed by atoms with E-state index >= 15 is 0 Å². The van der Waals surface area contributed by atoms with Gasteiger partial charge in [0.2, 0.25) is 5.88 Å². The van der Waals surface area contributed by atoms with Gasteiger partial charge in [-0.1, -0.05) is 24.3 Å². The number of benzene rings is 1. The van der Waals surface area contributed by atoms with Crippen LogP contribution in [0.3, 0.4) is 0 Å². The van der Waals surface area contributed by atoms with Crippen molar-refractivity contribution in [2.75, 3.05) is 32.1 Å². The number of rotatable bonds is 9. The molecule has 0 radical (unpaired) electrons. The van der Waals surface area contributed by atoms with Crippen molar-refractivity contribution in [1.82, 2.24) is 29.4 Å². The summed E-state index contributed by atoms with van der Waals surface area (Å²) in [4.78, 5) is 18.8. The molecule has 4 aromatic rings. The number of fused-ring (bicyclic) bond motifs is 1. The van der Waals surface area contributed by atoms with Crippen LogP contribution in [-0.2, 0) is 18.3 Å². The van der Waals surface area contributed by atoms with E-state index in [1.807, 2.05) is 6.20 Å². The number of nitrogens with one attached hydrogen (secondary N) is 1. The van der Waals surface area contributed by atoms with Crippen LogP contribution in [0.1, 0.15) is 50.6 Å². The number of ether oxygens (including phenoxy) is 2. The molecule has 6 rings (SSSR count). The van der Waals surface area contributed by atoms with Gasteiger partial charge in [0, 0.05) is 75.7 Å². The molecule has 0 bridgehead atoms. The number of anilines is 1. The Bertz CT molecular complexity index is 1540. The average Bonchev–Trinajstić information content (AvgIpc) is 3.60. The molecule has 0 spiro atoms. The van der Waals surface area contributed by atoms with Crippen LogP contribution in [0, 0.1) is 0 Å². The van der Waals surface area contributed by atoms with Gasteiger partial charge in [0.1, 0.15) is 17.6 Å². The Morgan fingerprint density at radius 2 is 1.80 bits per heavy atom. The van der Waals surface area contributed by atoms with Gasteiger partial charge in [-0.05, 0) is 44.6 Å². The third-order valence-corrected chi connectivity index (χ3v) is 8.36. The lowest BCUT2D eigenvalue weighted by Crippen LogP contribution is -2.27. The van der Waals surface area contributed by atoms with Gasteiger partial charge >= 0.3 is 0 Å². The first-order chi connectivity index (χ1) is 20.0. The van der Waals surface area contributed by atoms with E-state index in [1.165, 1.54) is 16.3 Å². The summed E-state index contributed by atoms with van der Waals surface area (Å²) >= 11 is 0. The minimum Gasteiger partial charge on any atom is -0.473 e. The molecule has 1 saturated heterocycles. The molecule has 41 heavy (non-hydrogen) atoms. The first-order valence-corrected chi connectivity index (χ1v) is 14.7. The molecule has 1 N–H and O–H groups in total. The van der Waals surface area contributed by atoms with Crippen molar-refractivity contribution in [3.05, 3.63) is 64.6 Å². The van der Waals surface area contributed by atoms with Crippen molar-refractivity contribution in [3.63, 3.8) is 0 Å². The molecule has 10 heteroatoms. The Kier molecular flexibility index (Phi) is 8.02. The van der Waals surface area contributed by atoms with Crippen molar-refractivity contribution >= 4 is 16.7 Å². The predicted molar refractivity (Wildman–Crippen MR) is 159 cm³/mol. The van der Waals surface area contributed by atoms with Gasteiger partial charge in [-0.2, -0.15) is 5.10 Å². The number of aromatic nitrogens is 5. The molecule has 4 heterocycles. The molecule has 0 amide bonds. The molecular formula is C31H39N7O3. The molecule has 1 aliphatic carbocycles. The first kappa shape index (κ1) is 27.4. The van der Waals surface area contributed by atoms with Gasteiger partial charge in [0.25, 0.3) is 5.56 Å². The molecule has 1 aliphatic heterocycles. The molecule has 2 aliphatic rings. The summed E-state index contributed by atoms with van der Waals surface area (Å²) in [7, 11) is 3.44. The van der Waals surface area contributed by atoms with Crippen molar-refractivity contribution in [3.8, 4) is 17.1 Å². The quantitative estimate of drug-likeness (QED) is 0.323. The monoisotopic (exact) mass is 557 g/mol. The fraction of sp³-hybridized carbons (Fsp3) is 0.484. The molecule has 2 fully saturated rings. The standard InChI is InChI=1S/C31H39N7O3/c1-4-32-28-17-27-26(18-33-28)31(22-7-5-21(6-8-22)19-37-16-15-25(20-37)40-3)35-38(27)23-9-11-24(12-10-23)41-29-13-14-30(39)36(2)34-29/h5-8,13-14,17-18,23-25H,4,9-12,15-16,19-20H2,1-3H3,(H,32,33)/t23?,24?,25-/m1/s1. The van der Waals surface area contributed by atoms with Crippen LogP contribution < -0.4 is 15.6 Å². The third kappa shape index (κ3) is 5.99. The molecule has 10 nitrogen and oxygen atoms in total. The van der Waals surface area contributed by atoms with E-state index in [1.54, 1.807) is 20.2 Å². The zero-order chi connectivity index (χ0) is 28.3. The van der Waals surface area contributed by atoms with E-state index < -0.39 is 0 Å². The van der Waals surface area contributed by atoms with Crippen LogP contribution in [0.15, 0.2) is 53.5 Å². The van der Waals surface area contributed by atoms with Crippen LogP contribution in [0.2, 0.25) is 0 Å². The van der Waals surface area contributed by atoms with Crippen molar-refractivity contribution < 1.29 is 9.47 Å². The third-order valence-electron chi connectivity index (χ3n) is 8.36. The Balaban J connectivity index is 1.21. The number of nitrogens with zero attached hydrogens (tertiary/aromatic N) is 6. The van der Waals surface area contributed by atoms with Crippen LogP contribution in [0.25, 0.3) is 22.2 Å². The topological polar surface area (TPSA) is 99.3 Å². The van der Waals surface area contributed by atoms with Gasteiger partial charge in [-0.15, -0.1) is 5.10 Å². The van der Waals surface area contributed by atoms with Crippen molar-refractivity contribution in [1.29, 1.82) is 0 Å². The normalized spacial score (nSPS) is 21.4. The van der Waals surface area contributed by atoms with Crippen LogP contribution in [-0.4, -0.2) is 68.4 Å². The molecule has 1 atom stereocenters. The molecule has 1 aromatic carbocycles. The summed E-state index contributed by atoms with van der Waals surface area (Å²) in [5, 5.41) is 13.9. The molecule has 3 aromatic heterocycles. The second-order valence-electron chi connectivity index (χ2n) is 11.2. The summed E-state index contributed by atoms with van der Waals surface area (Å²) in [6.07, 6.45) is 7.15. The number of methoxy groups -OCH3 is 1. The summed E-state index contributed by atoms with van der Waals surface area (Å²) in [6, 6.07) is 14.4. The maximum Gasteiger partial charge on any atom is 0.266 e. The lowest BCUT2D eigenvalue weighted by molar-refractivity contribution is 0.107. The Morgan fingerprint density at radius 1 is 1.00 bits per heavy atom. The number of pyridine rings is 1. The minimum absolute atomic E-state index is 0.0684. The lowest BCUT2D eigenvalue weighted by atomic mass is 9.93. The fourth-order valence-electron chi connectivity index (χ4n) is 6.08. The molecule has 1 saturated carbocycles. The highest BCUT2D eigenvalue weighted by Gasteiger charge is 2.27. The Hall–Kier alpha value is -3.76. The average molecular weight is 558 g/mol.